The van der Waals surface area contributed by atoms with Crippen molar-refractivity contribution in [3.63, 3.8) is 0 Å². The number of nitriles is 1. The molecule has 8 heteroatoms. The first-order chi connectivity index (χ1) is 14.4. The van der Waals surface area contributed by atoms with E-state index in [0.29, 0.717) is 0 Å². The van der Waals surface area contributed by atoms with Crippen LogP contribution in [-0.4, -0.2) is 23.2 Å². The summed E-state index contributed by atoms with van der Waals surface area (Å²) in [5.41, 5.74) is -2.63. The van der Waals surface area contributed by atoms with Gasteiger partial charge in [-0.15, -0.1) is 0 Å². The smallest absolute Gasteiger partial charge is 0.321 e. The lowest BCUT2D eigenvalue weighted by molar-refractivity contribution is -0.139. The Kier molecular flexibility index (Phi) is 6.09. The normalized spacial score (nSPS) is 25.9. The number of hydrogen-bond donors (Lipinski definition) is 2. The van der Waals surface area contributed by atoms with Crippen molar-refractivity contribution in [2.24, 2.45) is 5.41 Å². The highest BCUT2D eigenvalue weighted by Crippen LogP contribution is 2.52. The van der Waals surface area contributed by atoms with Gasteiger partial charge in [0, 0.05) is 22.5 Å². The molecule has 0 spiro atoms. The minimum atomic E-state index is -1.83. The van der Waals surface area contributed by atoms with Gasteiger partial charge in [0.25, 0.3) is 0 Å². The van der Waals surface area contributed by atoms with Gasteiger partial charge in [-0.05, 0) is 35.6 Å². The summed E-state index contributed by atoms with van der Waals surface area (Å²) in [6, 6.07) is 6.91. The van der Waals surface area contributed by atoms with Crippen LogP contribution in [0.4, 0.5) is 13.2 Å². The lowest BCUT2D eigenvalue weighted by Gasteiger charge is -2.37. The standard InChI is InChI=1S/C23H22ClF3N2O2/c1-22(2,3)10-17-23(11-28,14-8-7-12(24)9-16(14)26)18(20(29-17)21(30)31)13-5-4-6-15(25)19(13)27/h4-9,17-18,20,29H,10H2,1-3H3,(H,30,31). The molecule has 164 valence electrons. The molecule has 0 aromatic heterocycles. The Hall–Kier alpha value is -2.56. The van der Waals surface area contributed by atoms with Gasteiger partial charge in [0.2, 0.25) is 0 Å². The first kappa shape index (κ1) is 23.1. The lowest BCUT2D eigenvalue weighted by Crippen LogP contribution is -2.44. The van der Waals surface area contributed by atoms with E-state index in [0.717, 1.165) is 12.1 Å². The second kappa shape index (κ2) is 8.18. The number of hydrogen-bond acceptors (Lipinski definition) is 3. The lowest BCUT2D eigenvalue weighted by atomic mass is 9.62. The quantitative estimate of drug-likeness (QED) is 0.674. The second-order valence-electron chi connectivity index (χ2n) is 9.03. The molecular formula is C23H22ClF3N2O2. The Morgan fingerprint density at radius 3 is 2.45 bits per heavy atom. The predicted molar refractivity (Wildman–Crippen MR) is 110 cm³/mol. The van der Waals surface area contributed by atoms with Crippen molar-refractivity contribution in [2.45, 2.75) is 50.6 Å². The van der Waals surface area contributed by atoms with Gasteiger partial charge in [-0.3, -0.25) is 10.1 Å². The van der Waals surface area contributed by atoms with Gasteiger partial charge in [0.05, 0.1) is 6.07 Å². The van der Waals surface area contributed by atoms with Crippen LogP contribution in [0.25, 0.3) is 0 Å². The Morgan fingerprint density at radius 1 is 1.23 bits per heavy atom. The number of aliphatic carboxylic acids is 1. The van der Waals surface area contributed by atoms with Crippen LogP contribution in [0, 0.1) is 34.2 Å². The minimum absolute atomic E-state index is 0.0935. The molecule has 0 amide bonds. The van der Waals surface area contributed by atoms with Crippen LogP contribution in [-0.2, 0) is 10.2 Å². The van der Waals surface area contributed by atoms with Crippen molar-refractivity contribution < 1.29 is 23.1 Å². The Balaban J connectivity index is 2.38. The van der Waals surface area contributed by atoms with Crippen molar-refractivity contribution in [3.8, 4) is 6.07 Å². The topological polar surface area (TPSA) is 73.1 Å². The first-order valence-electron chi connectivity index (χ1n) is 9.72. The number of rotatable bonds is 4. The average molecular weight is 451 g/mol. The van der Waals surface area contributed by atoms with E-state index in [9.17, 15) is 23.9 Å². The minimum Gasteiger partial charge on any atom is -0.480 e. The summed E-state index contributed by atoms with van der Waals surface area (Å²) in [4.78, 5) is 12.2. The van der Waals surface area contributed by atoms with Crippen LogP contribution in [0.5, 0.6) is 0 Å². The van der Waals surface area contributed by atoms with Gasteiger partial charge >= 0.3 is 5.97 Å². The van der Waals surface area contributed by atoms with E-state index in [1.165, 1.54) is 24.3 Å². The van der Waals surface area contributed by atoms with Gasteiger partial charge in [-0.2, -0.15) is 5.26 Å². The number of nitrogens with one attached hydrogen (secondary N) is 1. The fourth-order valence-electron chi connectivity index (χ4n) is 4.54. The molecule has 2 aromatic carbocycles. The molecule has 0 aliphatic carbocycles. The molecule has 1 aliphatic heterocycles. The zero-order valence-electron chi connectivity index (χ0n) is 17.2. The highest BCUT2D eigenvalue weighted by Gasteiger charge is 2.61. The van der Waals surface area contributed by atoms with Crippen molar-refractivity contribution >= 4 is 17.6 Å². The zero-order valence-corrected chi connectivity index (χ0v) is 18.0. The summed E-state index contributed by atoms with van der Waals surface area (Å²) in [6.07, 6.45) is 0.278. The fraction of sp³-hybridized carbons (Fsp3) is 0.391. The van der Waals surface area contributed by atoms with E-state index in [2.05, 4.69) is 11.4 Å². The molecule has 4 nitrogen and oxygen atoms in total. The van der Waals surface area contributed by atoms with Crippen LogP contribution < -0.4 is 5.32 Å². The number of carboxylic acids is 1. The van der Waals surface area contributed by atoms with Gasteiger partial charge in [-0.1, -0.05) is 50.6 Å². The molecule has 4 unspecified atom stereocenters. The molecule has 4 atom stereocenters. The maximum Gasteiger partial charge on any atom is 0.321 e. The molecule has 31 heavy (non-hydrogen) atoms. The van der Waals surface area contributed by atoms with Crippen LogP contribution >= 0.6 is 11.6 Å². The van der Waals surface area contributed by atoms with E-state index in [-0.39, 0.29) is 28.0 Å². The van der Waals surface area contributed by atoms with Crippen LogP contribution in [0.2, 0.25) is 5.02 Å². The molecule has 0 bridgehead atoms. The van der Waals surface area contributed by atoms with Crippen LogP contribution in [0.1, 0.15) is 44.2 Å². The average Bonchev–Trinajstić information content (AvgIpc) is 2.97. The largest absolute Gasteiger partial charge is 0.480 e. The van der Waals surface area contributed by atoms with Gasteiger partial charge in [-0.25, -0.2) is 13.2 Å². The number of halogens is 4. The zero-order chi connectivity index (χ0) is 23.1. The third kappa shape index (κ3) is 4.02. The summed E-state index contributed by atoms with van der Waals surface area (Å²) in [6.45, 7) is 5.67. The molecule has 0 radical (unpaired) electrons. The number of carbonyl (C=O) groups is 1. The Morgan fingerprint density at radius 2 is 1.90 bits per heavy atom. The third-order valence-electron chi connectivity index (χ3n) is 5.72. The van der Waals surface area contributed by atoms with Crippen molar-refractivity contribution in [1.82, 2.24) is 5.32 Å². The van der Waals surface area contributed by atoms with Crippen molar-refractivity contribution in [2.75, 3.05) is 0 Å². The van der Waals surface area contributed by atoms with Crippen LogP contribution in [0.3, 0.4) is 0 Å². The van der Waals surface area contributed by atoms with E-state index >= 15 is 4.39 Å². The Labute approximate surface area is 183 Å². The molecule has 1 heterocycles. The van der Waals surface area contributed by atoms with Crippen molar-refractivity contribution in [1.29, 1.82) is 5.26 Å². The van der Waals surface area contributed by atoms with E-state index in [1.807, 2.05) is 20.8 Å². The molecule has 2 N–H and O–H groups in total. The van der Waals surface area contributed by atoms with E-state index < -0.39 is 46.8 Å². The van der Waals surface area contributed by atoms with Gasteiger partial charge in [0.15, 0.2) is 11.6 Å². The summed E-state index contributed by atoms with van der Waals surface area (Å²) in [7, 11) is 0. The summed E-state index contributed by atoms with van der Waals surface area (Å²) >= 11 is 5.89. The highest BCUT2D eigenvalue weighted by molar-refractivity contribution is 6.30. The molecule has 1 saturated heterocycles. The maximum absolute atomic E-state index is 15.2. The fourth-order valence-corrected chi connectivity index (χ4v) is 4.70. The Bertz CT molecular complexity index is 1060. The molecule has 1 fully saturated rings. The van der Waals surface area contributed by atoms with Gasteiger partial charge < -0.3 is 5.11 Å². The highest BCUT2D eigenvalue weighted by atomic mass is 35.5. The molecule has 1 aliphatic rings. The third-order valence-corrected chi connectivity index (χ3v) is 5.95. The first-order valence-corrected chi connectivity index (χ1v) is 10.1. The summed E-state index contributed by atoms with van der Waals surface area (Å²) < 4.78 is 44.2. The maximum atomic E-state index is 15.2. The SMILES string of the molecule is CC(C)(C)CC1NC(C(=O)O)C(c2cccc(F)c2F)C1(C#N)c1ccc(Cl)cc1F. The van der Waals surface area contributed by atoms with Crippen molar-refractivity contribution in [3.05, 3.63) is 70.0 Å². The molecule has 2 aromatic rings. The molecular weight excluding hydrogens is 429 g/mol. The number of nitrogens with zero attached hydrogens (tertiary/aromatic N) is 1. The van der Waals surface area contributed by atoms with E-state index in [1.54, 1.807) is 0 Å². The summed E-state index contributed by atoms with van der Waals surface area (Å²) in [5, 5.41) is 23.3. The van der Waals surface area contributed by atoms with Gasteiger partial charge in [0.1, 0.15) is 17.3 Å². The number of carboxylic acid groups (broad SMARTS) is 1. The summed E-state index contributed by atoms with van der Waals surface area (Å²) in [5.74, 6) is -5.99. The predicted octanol–water partition coefficient (Wildman–Crippen LogP) is 5.16. The monoisotopic (exact) mass is 450 g/mol. The molecule has 3 rings (SSSR count). The van der Waals surface area contributed by atoms with Crippen LogP contribution in [0.15, 0.2) is 36.4 Å². The second-order valence-corrected chi connectivity index (χ2v) is 9.46. The molecule has 0 saturated carbocycles. The van der Waals surface area contributed by atoms with E-state index in [4.69, 9.17) is 11.6 Å². The number of benzene rings is 2.